The van der Waals surface area contributed by atoms with Crippen molar-refractivity contribution < 1.29 is 9.59 Å². The quantitative estimate of drug-likeness (QED) is 0.708. The lowest BCUT2D eigenvalue weighted by Crippen LogP contribution is -2.24. The fourth-order valence-corrected chi connectivity index (χ4v) is 2.32. The first-order valence-corrected chi connectivity index (χ1v) is 7.78. The van der Waals surface area contributed by atoms with Crippen LogP contribution in [0.25, 0.3) is 0 Å². The number of nitrogens with one attached hydrogen (secondary N) is 2. The van der Waals surface area contributed by atoms with E-state index in [1.807, 2.05) is 0 Å². The van der Waals surface area contributed by atoms with Crippen LogP contribution in [0.2, 0.25) is 0 Å². The third-order valence-corrected chi connectivity index (χ3v) is 3.53. The minimum atomic E-state index is 0.192. The van der Waals surface area contributed by atoms with Gasteiger partial charge in [0.1, 0.15) is 5.78 Å². The van der Waals surface area contributed by atoms with Gasteiger partial charge in [-0.1, -0.05) is 25.7 Å². The third-order valence-electron chi connectivity index (χ3n) is 3.53. The van der Waals surface area contributed by atoms with Gasteiger partial charge in [-0.05, 0) is 32.2 Å². The van der Waals surface area contributed by atoms with Gasteiger partial charge < -0.3 is 10.6 Å². The standard InChI is InChI=1S/C15H28N2O2/c18-14-9-5-1-4-8-12-17-15(19)10-6-2-3-7-11-16-13-14/h16H,1-13H2,(H,17,19). The Bertz CT molecular complexity index is 241. The van der Waals surface area contributed by atoms with Crippen LogP contribution in [0.3, 0.4) is 0 Å². The summed E-state index contributed by atoms with van der Waals surface area (Å²) < 4.78 is 0. The summed E-state index contributed by atoms with van der Waals surface area (Å²) in [5, 5.41) is 6.18. The lowest BCUT2D eigenvalue weighted by Gasteiger charge is -2.05. The number of hydrogen-bond donors (Lipinski definition) is 2. The van der Waals surface area contributed by atoms with Crippen LogP contribution in [0.5, 0.6) is 0 Å². The zero-order chi connectivity index (χ0) is 13.8. The molecule has 1 aliphatic rings. The van der Waals surface area contributed by atoms with Gasteiger partial charge in [-0.3, -0.25) is 9.59 Å². The zero-order valence-electron chi connectivity index (χ0n) is 12.0. The molecular weight excluding hydrogens is 240 g/mol. The SMILES string of the molecule is O=C1CCCCCCNC(=O)CCCCCCNC1. The molecule has 110 valence electrons. The molecule has 2 N–H and O–H groups in total. The summed E-state index contributed by atoms with van der Waals surface area (Å²) in [6.45, 7) is 2.23. The highest BCUT2D eigenvalue weighted by Crippen LogP contribution is 2.05. The topological polar surface area (TPSA) is 58.2 Å². The van der Waals surface area contributed by atoms with E-state index < -0.39 is 0 Å². The van der Waals surface area contributed by atoms with Crippen LogP contribution in [0.4, 0.5) is 0 Å². The number of amides is 1. The van der Waals surface area contributed by atoms with Crippen molar-refractivity contribution in [3.63, 3.8) is 0 Å². The summed E-state index contributed by atoms with van der Waals surface area (Å²) in [4.78, 5) is 23.1. The van der Waals surface area contributed by atoms with Gasteiger partial charge in [0.25, 0.3) is 0 Å². The highest BCUT2D eigenvalue weighted by molar-refractivity contribution is 5.80. The van der Waals surface area contributed by atoms with Gasteiger partial charge in [0.05, 0.1) is 6.54 Å². The van der Waals surface area contributed by atoms with Crippen LogP contribution in [0.15, 0.2) is 0 Å². The second-order valence-corrected chi connectivity index (χ2v) is 5.39. The van der Waals surface area contributed by atoms with Crippen LogP contribution in [0, 0.1) is 0 Å². The lowest BCUT2D eigenvalue weighted by molar-refractivity contribution is -0.121. The number of rotatable bonds is 0. The first-order chi connectivity index (χ1) is 9.29. The van der Waals surface area contributed by atoms with Gasteiger partial charge in [-0.15, -0.1) is 0 Å². The second-order valence-electron chi connectivity index (χ2n) is 5.39. The molecule has 1 fully saturated rings. The molecule has 19 heavy (non-hydrogen) atoms. The summed E-state index contributed by atoms with van der Waals surface area (Å²) in [5.41, 5.74) is 0. The van der Waals surface area contributed by atoms with Crippen molar-refractivity contribution in [2.24, 2.45) is 0 Å². The summed E-state index contributed by atoms with van der Waals surface area (Å²) in [7, 11) is 0. The Morgan fingerprint density at radius 1 is 0.684 bits per heavy atom. The van der Waals surface area contributed by atoms with Crippen molar-refractivity contribution in [1.29, 1.82) is 0 Å². The summed E-state index contributed by atoms with van der Waals surface area (Å²) in [6, 6.07) is 0. The smallest absolute Gasteiger partial charge is 0.219 e. The number of carbonyl (C=O) groups excluding carboxylic acids is 2. The number of Topliss-reactive ketones (excluding diaryl/α,β-unsaturated/α-hetero) is 1. The minimum Gasteiger partial charge on any atom is -0.356 e. The molecule has 0 unspecified atom stereocenters. The molecule has 0 aromatic carbocycles. The average molecular weight is 268 g/mol. The maximum absolute atomic E-state index is 11.6. The van der Waals surface area contributed by atoms with E-state index in [0.717, 1.165) is 64.5 Å². The largest absolute Gasteiger partial charge is 0.356 e. The maximum atomic E-state index is 11.6. The molecular formula is C15H28N2O2. The average Bonchev–Trinajstić information content (AvgIpc) is 2.40. The molecule has 0 aromatic rings. The van der Waals surface area contributed by atoms with Gasteiger partial charge in [0.15, 0.2) is 0 Å². The fourth-order valence-electron chi connectivity index (χ4n) is 2.32. The van der Waals surface area contributed by atoms with Crippen LogP contribution in [-0.2, 0) is 9.59 Å². The molecule has 4 nitrogen and oxygen atoms in total. The monoisotopic (exact) mass is 268 g/mol. The van der Waals surface area contributed by atoms with Gasteiger partial charge in [-0.2, -0.15) is 0 Å². The molecule has 0 atom stereocenters. The van der Waals surface area contributed by atoms with Crippen LogP contribution >= 0.6 is 0 Å². The molecule has 1 amide bonds. The Labute approximate surface area is 116 Å². The highest BCUT2D eigenvalue weighted by atomic mass is 16.1. The van der Waals surface area contributed by atoms with E-state index in [-0.39, 0.29) is 5.91 Å². The maximum Gasteiger partial charge on any atom is 0.219 e. The number of hydrogen-bond acceptors (Lipinski definition) is 3. The van der Waals surface area contributed by atoms with Crippen molar-refractivity contribution in [1.82, 2.24) is 10.6 Å². The Morgan fingerprint density at radius 3 is 2.11 bits per heavy atom. The third kappa shape index (κ3) is 9.65. The predicted molar refractivity (Wildman–Crippen MR) is 77.1 cm³/mol. The van der Waals surface area contributed by atoms with E-state index >= 15 is 0 Å². The molecule has 0 saturated carbocycles. The van der Waals surface area contributed by atoms with Gasteiger partial charge in [0, 0.05) is 19.4 Å². The Hall–Kier alpha value is -0.900. The van der Waals surface area contributed by atoms with E-state index in [1.165, 1.54) is 0 Å². The van der Waals surface area contributed by atoms with Gasteiger partial charge in [-0.25, -0.2) is 0 Å². The van der Waals surface area contributed by atoms with Crippen LogP contribution in [-0.4, -0.2) is 31.3 Å². The summed E-state index contributed by atoms with van der Waals surface area (Å²) in [5.74, 6) is 0.523. The Balaban J connectivity index is 2.21. The molecule has 0 radical (unpaired) electrons. The molecule has 0 aromatic heterocycles. The van der Waals surface area contributed by atoms with E-state index in [9.17, 15) is 9.59 Å². The molecule has 1 aliphatic heterocycles. The molecule has 4 heteroatoms. The number of carbonyl (C=O) groups is 2. The first-order valence-electron chi connectivity index (χ1n) is 7.78. The second kappa shape index (κ2) is 11.0. The lowest BCUT2D eigenvalue weighted by atomic mass is 10.1. The van der Waals surface area contributed by atoms with E-state index in [0.29, 0.717) is 25.2 Å². The molecule has 0 bridgehead atoms. The highest BCUT2D eigenvalue weighted by Gasteiger charge is 2.03. The van der Waals surface area contributed by atoms with Crippen molar-refractivity contribution in [2.45, 2.75) is 64.2 Å². The van der Waals surface area contributed by atoms with Crippen molar-refractivity contribution in [3.05, 3.63) is 0 Å². The van der Waals surface area contributed by atoms with Gasteiger partial charge >= 0.3 is 0 Å². The van der Waals surface area contributed by atoms with Crippen LogP contribution < -0.4 is 10.6 Å². The summed E-state index contributed by atoms with van der Waals surface area (Å²) >= 11 is 0. The van der Waals surface area contributed by atoms with E-state index in [4.69, 9.17) is 0 Å². The van der Waals surface area contributed by atoms with Crippen molar-refractivity contribution in [3.8, 4) is 0 Å². The summed E-state index contributed by atoms with van der Waals surface area (Å²) in [6.07, 6.45) is 9.84. The minimum absolute atomic E-state index is 0.192. The molecule has 1 saturated heterocycles. The normalized spacial score (nSPS) is 22.5. The van der Waals surface area contributed by atoms with E-state index in [2.05, 4.69) is 10.6 Å². The first kappa shape index (κ1) is 16.2. The molecule has 1 rings (SSSR count). The number of ketones is 1. The molecule has 1 heterocycles. The Kier molecular flexibility index (Phi) is 9.33. The molecule has 0 spiro atoms. The van der Waals surface area contributed by atoms with Crippen molar-refractivity contribution in [2.75, 3.05) is 19.6 Å². The van der Waals surface area contributed by atoms with Gasteiger partial charge in [0.2, 0.25) is 5.91 Å². The zero-order valence-corrected chi connectivity index (χ0v) is 12.0. The predicted octanol–water partition coefficient (Wildman–Crippen LogP) is 2.18. The van der Waals surface area contributed by atoms with Crippen LogP contribution in [0.1, 0.15) is 64.2 Å². The van der Waals surface area contributed by atoms with Crippen molar-refractivity contribution >= 4 is 11.7 Å². The fraction of sp³-hybridized carbons (Fsp3) is 0.867. The van der Waals surface area contributed by atoms with E-state index in [1.54, 1.807) is 0 Å². The molecule has 0 aliphatic carbocycles. The Morgan fingerprint density at radius 2 is 1.32 bits per heavy atom.